The molecular weight excluding hydrogens is 1080 g/mol. The SMILES string of the molecule is Cc1cc(N=Nc2ccc3c(S(=O)(=O)O)c(N=Nc4cnn(-c5ccc(S(=O)(=O)O)cc5)c4O)ccc3c2O)c(OCCCS(=O)(=O)O)cc1N=Nc1nc2ccccc2s1.O=C=O.O=S(=O)=O.O=S(=O)=O. The zero-order chi connectivity index (χ0) is 53.6. The van der Waals surface area contributed by atoms with Crippen molar-refractivity contribution in [1.82, 2.24) is 14.8 Å². The first kappa shape index (κ1) is 56.6. The van der Waals surface area contributed by atoms with Crippen molar-refractivity contribution < 1.29 is 88.7 Å². The van der Waals surface area contributed by atoms with E-state index in [-0.39, 0.29) is 64.1 Å². The number of aromatic hydroxyl groups is 2. The first-order chi connectivity index (χ1) is 33.7. The molecule has 29 nitrogen and oxygen atoms in total. The molecule has 72 heavy (non-hydrogen) atoms. The van der Waals surface area contributed by atoms with Crippen LogP contribution in [-0.4, -0.2) is 108 Å². The number of aromatic nitrogens is 3. The smallest absolute Gasteiger partial charge is 0.425 e. The van der Waals surface area contributed by atoms with Crippen molar-refractivity contribution in [2.75, 3.05) is 12.4 Å². The fourth-order valence-electron chi connectivity index (χ4n) is 5.72. The van der Waals surface area contributed by atoms with E-state index in [1.54, 1.807) is 13.0 Å². The molecule has 0 radical (unpaired) electrons. The first-order valence-electron chi connectivity index (χ1n) is 18.7. The summed E-state index contributed by atoms with van der Waals surface area (Å²) in [5.41, 5.74) is 1.21. The zero-order valence-corrected chi connectivity index (χ0v) is 40.5. The van der Waals surface area contributed by atoms with E-state index in [0.29, 0.717) is 16.4 Å². The van der Waals surface area contributed by atoms with Crippen LogP contribution in [0.2, 0.25) is 0 Å². The molecule has 0 saturated heterocycles. The topological polar surface area (TPSA) is 454 Å². The molecule has 5 aromatic carbocycles. The molecule has 2 aromatic heterocycles. The number of aryl methyl sites for hydroxylation is 1. The summed E-state index contributed by atoms with van der Waals surface area (Å²) in [6, 6.07) is 20.1. The minimum absolute atomic E-state index is 0.0733. The molecule has 0 aliphatic carbocycles. The number of ether oxygens (including phenoxy) is 1. The highest BCUT2D eigenvalue weighted by Crippen LogP contribution is 2.43. The summed E-state index contributed by atoms with van der Waals surface area (Å²) >= 11 is 1.33. The molecule has 0 atom stereocenters. The Balaban J connectivity index is 0.000000931. The van der Waals surface area contributed by atoms with Crippen LogP contribution in [0.5, 0.6) is 17.4 Å². The summed E-state index contributed by atoms with van der Waals surface area (Å²) in [7, 11) is -20.0. The van der Waals surface area contributed by atoms with Crippen molar-refractivity contribution >= 4 is 124 Å². The molecule has 7 rings (SSSR count). The van der Waals surface area contributed by atoms with Gasteiger partial charge in [0.15, 0.2) is 11.4 Å². The maximum atomic E-state index is 12.7. The first-order valence-corrected chi connectivity index (χ1v) is 26.0. The highest BCUT2D eigenvalue weighted by atomic mass is 32.2. The molecule has 378 valence electrons. The summed E-state index contributed by atoms with van der Waals surface area (Å²) in [5, 5.41) is 50.8. The van der Waals surface area contributed by atoms with E-state index in [2.05, 4.69) is 40.8 Å². The lowest BCUT2D eigenvalue weighted by Crippen LogP contribution is -2.08. The average molecular weight is 1110 g/mol. The monoisotopic (exact) mass is 1110 g/mol. The van der Waals surface area contributed by atoms with Crippen molar-refractivity contribution in [1.29, 1.82) is 0 Å². The quantitative estimate of drug-likeness (QED) is 0.0462. The van der Waals surface area contributed by atoms with Crippen LogP contribution in [0.1, 0.15) is 12.0 Å². The molecule has 0 saturated carbocycles. The maximum Gasteiger partial charge on any atom is 0.425 e. The number of carbonyl (C=O) groups excluding carboxylic acids is 2. The Morgan fingerprint density at radius 1 is 0.681 bits per heavy atom. The van der Waals surface area contributed by atoms with Crippen LogP contribution in [-0.2, 0) is 61.2 Å². The largest absolute Gasteiger partial charge is 0.505 e. The Morgan fingerprint density at radius 2 is 1.24 bits per heavy atom. The molecule has 0 spiro atoms. The summed E-state index contributed by atoms with van der Waals surface area (Å²) in [6.45, 7) is 1.56. The lowest BCUT2D eigenvalue weighted by Gasteiger charge is -2.11. The van der Waals surface area contributed by atoms with Gasteiger partial charge in [-0.25, -0.2) is 4.98 Å². The second-order valence-corrected chi connectivity index (χ2v) is 19.5. The van der Waals surface area contributed by atoms with E-state index in [9.17, 15) is 44.6 Å². The van der Waals surface area contributed by atoms with Crippen molar-refractivity contribution in [3.05, 3.63) is 96.7 Å². The predicted octanol–water partition coefficient (Wildman–Crippen LogP) is 6.16. The zero-order valence-electron chi connectivity index (χ0n) is 35.6. The number of hydrogen-bond acceptors (Lipinski definition) is 26. The summed E-state index contributed by atoms with van der Waals surface area (Å²) in [5.74, 6) is -1.58. The van der Waals surface area contributed by atoms with E-state index in [0.717, 1.165) is 39.3 Å². The highest BCUT2D eigenvalue weighted by molar-refractivity contribution is 7.86. The van der Waals surface area contributed by atoms with Gasteiger partial charge in [0.05, 0.1) is 45.0 Å². The van der Waals surface area contributed by atoms with Crippen molar-refractivity contribution in [3.8, 4) is 23.1 Å². The number of azo groups is 3. The number of nitrogens with zero attached hydrogens (tertiary/aromatic N) is 9. The normalized spacial score (nSPS) is 11.6. The van der Waals surface area contributed by atoms with E-state index in [4.69, 9.17) is 44.1 Å². The van der Waals surface area contributed by atoms with Gasteiger partial charge in [-0.2, -0.15) is 44.6 Å². The summed E-state index contributed by atoms with van der Waals surface area (Å²) < 4.78 is 158. The number of para-hydroxylation sites is 1. The Morgan fingerprint density at radius 3 is 1.83 bits per heavy atom. The Hall–Kier alpha value is -7.99. The molecule has 0 aliphatic rings. The number of rotatable bonds is 14. The summed E-state index contributed by atoms with van der Waals surface area (Å²) in [4.78, 5) is 19.6. The van der Waals surface area contributed by atoms with Crippen LogP contribution in [0.25, 0.3) is 26.7 Å². The van der Waals surface area contributed by atoms with Crippen LogP contribution in [0.4, 0.5) is 33.6 Å². The van der Waals surface area contributed by atoms with Crippen molar-refractivity contribution in [2.24, 2.45) is 30.7 Å². The van der Waals surface area contributed by atoms with Crippen molar-refractivity contribution in [2.45, 2.75) is 23.1 Å². The van der Waals surface area contributed by atoms with Gasteiger partial charge in [0.1, 0.15) is 27.7 Å². The fraction of sp³-hybridized carbons (Fsp3) is 0.108. The fourth-order valence-corrected chi connectivity index (χ4v) is 8.30. The maximum absolute atomic E-state index is 12.7. The second-order valence-electron chi connectivity index (χ2n) is 13.3. The third-order valence-corrected chi connectivity index (χ3v) is 12.1. The number of fused-ring (bicyclic) bond motifs is 2. The third-order valence-electron chi connectivity index (χ3n) is 8.58. The van der Waals surface area contributed by atoms with Gasteiger partial charge in [0.25, 0.3) is 30.4 Å². The molecule has 0 fully saturated rings. The van der Waals surface area contributed by atoms with Gasteiger partial charge in [0, 0.05) is 16.8 Å². The van der Waals surface area contributed by atoms with Gasteiger partial charge in [-0.05, 0) is 79.6 Å². The number of phenolic OH excluding ortho intramolecular Hbond substituents is 1. The molecule has 0 aliphatic heterocycles. The van der Waals surface area contributed by atoms with Gasteiger partial charge >= 0.3 is 27.4 Å². The Kier molecular flexibility index (Phi) is 19.4. The van der Waals surface area contributed by atoms with E-state index >= 15 is 0 Å². The van der Waals surface area contributed by atoms with Gasteiger partial charge in [0.2, 0.25) is 11.0 Å². The van der Waals surface area contributed by atoms with Crippen molar-refractivity contribution in [3.63, 3.8) is 0 Å². The lowest BCUT2D eigenvalue weighted by molar-refractivity contribution is -0.191. The van der Waals surface area contributed by atoms with Gasteiger partial charge in [-0.3, -0.25) is 13.7 Å². The van der Waals surface area contributed by atoms with Crippen LogP contribution in [0.3, 0.4) is 0 Å². The molecule has 35 heteroatoms. The minimum atomic E-state index is -5.04. The Bertz CT molecular complexity index is 3810. The summed E-state index contributed by atoms with van der Waals surface area (Å²) in [6.07, 6.45) is 1.25. The second kappa shape index (κ2) is 24.7. The van der Waals surface area contributed by atoms with Crippen LogP contribution in [0, 0.1) is 6.92 Å². The van der Waals surface area contributed by atoms with E-state index < -0.39 is 78.7 Å². The lowest BCUT2D eigenvalue weighted by atomic mass is 10.1. The number of thiazole rings is 1. The van der Waals surface area contributed by atoms with Gasteiger partial charge < -0.3 is 14.9 Å². The van der Waals surface area contributed by atoms with E-state index in [1.807, 2.05) is 24.3 Å². The van der Waals surface area contributed by atoms with Crippen LogP contribution in [0.15, 0.2) is 132 Å². The molecule has 2 heterocycles. The minimum Gasteiger partial charge on any atom is -0.505 e. The molecule has 7 aromatic rings. The molecule has 0 unspecified atom stereocenters. The third kappa shape index (κ3) is 16.3. The number of phenols is 1. The molecule has 5 N–H and O–H groups in total. The van der Waals surface area contributed by atoms with Crippen LogP contribution >= 0.6 is 11.3 Å². The van der Waals surface area contributed by atoms with Gasteiger partial charge in [-0.1, -0.05) is 29.5 Å². The predicted molar refractivity (Wildman–Crippen MR) is 245 cm³/mol. The highest BCUT2D eigenvalue weighted by Gasteiger charge is 2.23. The number of hydrogen-bond donors (Lipinski definition) is 5. The van der Waals surface area contributed by atoms with Crippen LogP contribution < -0.4 is 4.74 Å². The number of benzene rings is 5. The Labute approximate surface area is 410 Å². The average Bonchev–Trinajstić information content (AvgIpc) is 3.88. The van der Waals surface area contributed by atoms with Gasteiger partial charge in [-0.15, -0.1) is 55.9 Å². The molecular formula is C37H29N9O20S6. The molecule has 0 bridgehead atoms. The standard InChI is InChI=1S/C36H29N9O12S4.CO2.2O3S/c1-20-17-29(31(57-15-4-16-59(48,49)50)18-28(20)41-44-36-38-25-5-2-3-6-32(25)58-36)42-39-26-13-12-24-23(33(26)46)11-14-27(34(24)61(54,55)56)40-43-30-19-37-45(35(30)47)21-7-9-22(10-8-21)60(51,52)53;2-1-3;2*1-4(2)3/h2-3,5-14,17-19,46-47H,4,15-16H2,1H3,(H,48,49,50)(H,51,52,53)(H,54,55,56);;;. The molecule has 0 amide bonds. The van der Waals surface area contributed by atoms with E-state index in [1.165, 1.54) is 47.7 Å².